The molecule has 170 valence electrons. The number of likely N-dealkylation sites (N-methyl/N-ethyl adjacent to an activating group) is 1. The van der Waals surface area contributed by atoms with Crippen LogP contribution >= 0.6 is 0 Å². The number of carbonyl (C=O) groups is 1. The van der Waals surface area contributed by atoms with E-state index in [-0.39, 0.29) is 21.9 Å². The summed E-state index contributed by atoms with van der Waals surface area (Å²) >= 11 is 0. The number of aromatic nitrogens is 1. The van der Waals surface area contributed by atoms with Gasteiger partial charge in [-0.15, -0.1) is 0 Å². The maximum Gasteiger partial charge on any atom is 0.252 e. The fourth-order valence-electron chi connectivity index (χ4n) is 4.45. The van der Waals surface area contributed by atoms with Crippen LogP contribution in [0.4, 0.5) is 0 Å². The second kappa shape index (κ2) is 9.10. The summed E-state index contributed by atoms with van der Waals surface area (Å²) in [6.07, 6.45) is 4.24. The first-order chi connectivity index (χ1) is 14.6. The number of carbonyl (C=O) groups excluding carboxylic acids is 1. The van der Waals surface area contributed by atoms with Gasteiger partial charge in [-0.3, -0.25) is 9.59 Å². The van der Waals surface area contributed by atoms with Gasteiger partial charge < -0.3 is 15.2 Å². The minimum absolute atomic E-state index is 0.0933. The molecule has 1 aliphatic rings. The van der Waals surface area contributed by atoms with Gasteiger partial charge >= 0.3 is 0 Å². The number of nitrogens with one attached hydrogen (secondary N) is 2. The lowest BCUT2D eigenvalue weighted by Crippen LogP contribution is -2.50. The van der Waals surface area contributed by atoms with Gasteiger partial charge in [0.1, 0.15) is 0 Å². The Balaban J connectivity index is 1.99. The van der Waals surface area contributed by atoms with Crippen LogP contribution in [0.25, 0.3) is 10.9 Å². The highest BCUT2D eigenvalue weighted by Crippen LogP contribution is 2.33. The minimum atomic E-state index is -3.69. The van der Waals surface area contributed by atoms with Crippen LogP contribution in [0.15, 0.2) is 34.0 Å². The van der Waals surface area contributed by atoms with Crippen molar-refractivity contribution in [2.45, 2.75) is 50.0 Å². The van der Waals surface area contributed by atoms with E-state index in [1.165, 1.54) is 22.5 Å². The monoisotopic (exact) mass is 448 g/mol. The molecule has 0 radical (unpaired) electrons. The minimum Gasteiger partial charge on any atom is -0.350 e. The molecule has 3 rings (SSSR count). The average Bonchev–Trinajstić information content (AvgIpc) is 3.22. The number of pyridine rings is 1. The van der Waals surface area contributed by atoms with E-state index in [0.29, 0.717) is 30.5 Å². The van der Waals surface area contributed by atoms with Gasteiger partial charge in [0.15, 0.2) is 0 Å². The van der Waals surface area contributed by atoms with Crippen molar-refractivity contribution in [1.82, 2.24) is 19.5 Å². The molecule has 1 aromatic heterocycles. The van der Waals surface area contributed by atoms with Crippen LogP contribution in [0.5, 0.6) is 0 Å². The molecule has 2 N–H and O–H groups in total. The fourth-order valence-corrected chi connectivity index (χ4v) is 5.93. The van der Waals surface area contributed by atoms with E-state index in [2.05, 4.69) is 15.2 Å². The van der Waals surface area contributed by atoms with Crippen LogP contribution in [-0.4, -0.2) is 67.8 Å². The van der Waals surface area contributed by atoms with Gasteiger partial charge in [0.2, 0.25) is 15.6 Å². The second-order valence-corrected chi connectivity index (χ2v) is 10.3. The Morgan fingerprint density at radius 1 is 1.13 bits per heavy atom. The molecule has 1 aromatic carbocycles. The second-order valence-electron chi connectivity index (χ2n) is 8.35. The zero-order chi connectivity index (χ0) is 22.8. The van der Waals surface area contributed by atoms with Crippen LogP contribution in [0.1, 0.15) is 49.9 Å². The maximum atomic E-state index is 13.1. The number of hydrogen-bond acceptors (Lipinski definition) is 5. The Hall–Kier alpha value is -2.23. The van der Waals surface area contributed by atoms with Crippen molar-refractivity contribution in [2.24, 2.45) is 0 Å². The number of aromatic amines is 1. The molecular weight excluding hydrogens is 416 g/mol. The normalized spacial score (nSPS) is 16.3. The van der Waals surface area contributed by atoms with Crippen molar-refractivity contribution in [3.05, 3.63) is 40.2 Å². The lowest BCUT2D eigenvalue weighted by Gasteiger charge is -2.36. The Labute approximate surface area is 183 Å². The third kappa shape index (κ3) is 4.53. The predicted molar refractivity (Wildman–Crippen MR) is 122 cm³/mol. The third-order valence-corrected chi connectivity index (χ3v) is 8.51. The van der Waals surface area contributed by atoms with Gasteiger partial charge in [-0.1, -0.05) is 26.7 Å². The maximum absolute atomic E-state index is 13.1. The molecule has 1 fully saturated rings. The van der Waals surface area contributed by atoms with Crippen LogP contribution in [0, 0.1) is 0 Å². The quantitative estimate of drug-likeness (QED) is 0.644. The summed E-state index contributed by atoms with van der Waals surface area (Å²) in [7, 11) is 0.348. The first-order valence-electron chi connectivity index (χ1n) is 10.8. The number of fused-ring (bicyclic) bond motifs is 1. The first kappa shape index (κ1) is 23.4. The Kier molecular flexibility index (Phi) is 6.88. The largest absolute Gasteiger partial charge is 0.350 e. The molecule has 1 aliphatic carbocycles. The van der Waals surface area contributed by atoms with Crippen LogP contribution < -0.4 is 10.9 Å². The number of sulfonamides is 1. The molecule has 1 saturated carbocycles. The summed E-state index contributed by atoms with van der Waals surface area (Å²) in [6, 6.07) is 5.73. The van der Waals surface area contributed by atoms with Crippen molar-refractivity contribution in [2.75, 3.05) is 33.7 Å². The van der Waals surface area contributed by atoms with E-state index in [1.807, 2.05) is 14.1 Å². The van der Waals surface area contributed by atoms with E-state index in [0.717, 1.165) is 25.7 Å². The highest BCUT2D eigenvalue weighted by molar-refractivity contribution is 7.89. The smallest absolute Gasteiger partial charge is 0.252 e. The van der Waals surface area contributed by atoms with Crippen molar-refractivity contribution < 1.29 is 13.2 Å². The van der Waals surface area contributed by atoms with Crippen molar-refractivity contribution in [3.63, 3.8) is 0 Å². The van der Waals surface area contributed by atoms with Crippen LogP contribution in [0.3, 0.4) is 0 Å². The van der Waals surface area contributed by atoms with Gasteiger partial charge in [-0.25, -0.2) is 8.42 Å². The Bertz CT molecular complexity index is 1110. The molecule has 0 saturated heterocycles. The van der Waals surface area contributed by atoms with Crippen molar-refractivity contribution >= 4 is 26.8 Å². The molecule has 8 nitrogen and oxygen atoms in total. The van der Waals surface area contributed by atoms with E-state index in [4.69, 9.17) is 0 Å². The molecule has 2 aromatic rings. The van der Waals surface area contributed by atoms with Gasteiger partial charge in [-0.05, 0) is 45.1 Å². The standard InChI is InChI=1S/C22H32N4O4S/c1-5-26(6-2)31(29,30)16-9-10-19-17(13-16)18(14-20(27)24-19)21(28)23-15-22(25(3)4)11-7-8-12-22/h9-10,13-14H,5-8,11-12,15H2,1-4H3,(H,23,28)(H,24,27). The van der Waals surface area contributed by atoms with E-state index < -0.39 is 15.6 Å². The van der Waals surface area contributed by atoms with Gasteiger partial charge in [0.25, 0.3) is 5.91 Å². The number of hydrogen-bond donors (Lipinski definition) is 2. The predicted octanol–water partition coefficient (Wildman–Crippen LogP) is 2.16. The van der Waals surface area contributed by atoms with E-state index in [9.17, 15) is 18.0 Å². The zero-order valence-electron chi connectivity index (χ0n) is 18.7. The average molecular weight is 449 g/mol. The number of H-pyrrole nitrogens is 1. The van der Waals surface area contributed by atoms with Crippen molar-refractivity contribution in [3.8, 4) is 0 Å². The van der Waals surface area contributed by atoms with Gasteiger partial charge in [0.05, 0.1) is 10.5 Å². The third-order valence-electron chi connectivity index (χ3n) is 6.46. The molecule has 9 heteroatoms. The molecule has 1 heterocycles. The summed E-state index contributed by atoms with van der Waals surface area (Å²) < 4.78 is 27.3. The number of benzene rings is 1. The summed E-state index contributed by atoms with van der Waals surface area (Å²) in [5, 5.41) is 3.41. The number of nitrogens with zero attached hydrogens (tertiary/aromatic N) is 2. The van der Waals surface area contributed by atoms with Crippen LogP contribution in [0.2, 0.25) is 0 Å². The molecule has 31 heavy (non-hydrogen) atoms. The molecule has 0 atom stereocenters. The summed E-state index contributed by atoms with van der Waals surface area (Å²) in [5.41, 5.74) is 0.117. The molecule has 0 unspecified atom stereocenters. The lowest BCUT2D eigenvalue weighted by molar-refractivity contribution is 0.0901. The molecule has 0 bridgehead atoms. The fraction of sp³-hybridized carbons (Fsp3) is 0.545. The first-order valence-corrected chi connectivity index (χ1v) is 12.2. The van der Waals surface area contributed by atoms with Gasteiger partial charge in [0, 0.05) is 42.1 Å². The molecule has 0 aliphatic heterocycles. The Morgan fingerprint density at radius 2 is 1.77 bits per heavy atom. The number of amides is 1. The Morgan fingerprint density at radius 3 is 2.35 bits per heavy atom. The summed E-state index contributed by atoms with van der Waals surface area (Å²) in [4.78, 5) is 30.2. The molecule has 0 spiro atoms. The number of rotatable bonds is 8. The van der Waals surface area contributed by atoms with E-state index >= 15 is 0 Å². The molecule has 1 amide bonds. The topological polar surface area (TPSA) is 103 Å². The highest BCUT2D eigenvalue weighted by Gasteiger charge is 2.36. The summed E-state index contributed by atoms with van der Waals surface area (Å²) in [5.74, 6) is -0.374. The van der Waals surface area contributed by atoms with Crippen molar-refractivity contribution in [1.29, 1.82) is 0 Å². The highest BCUT2D eigenvalue weighted by atomic mass is 32.2. The summed E-state index contributed by atoms with van der Waals surface area (Å²) in [6.45, 7) is 4.74. The molecular formula is C22H32N4O4S. The van der Waals surface area contributed by atoms with E-state index in [1.54, 1.807) is 19.9 Å². The lowest BCUT2D eigenvalue weighted by atomic mass is 9.95. The van der Waals surface area contributed by atoms with Crippen LogP contribution in [-0.2, 0) is 10.0 Å². The van der Waals surface area contributed by atoms with Gasteiger partial charge in [-0.2, -0.15) is 4.31 Å². The SMILES string of the molecule is CCN(CC)S(=O)(=O)c1ccc2[nH]c(=O)cc(C(=O)NCC3(N(C)C)CCCC3)c2c1. The zero-order valence-corrected chi connectivity index (χ0v) is 19.5.